The van der Waals surface area contributed by atoms with E-state index in [1.165, 1.54) is 64.2 Å². The van der Waals surface area contributed by atoms with Gasteiger partial charge in [0.2, 0.25) is 0 Å². The number of aliphatic hydroxyl groups is 3. The molecule has 0 aromatic heterocycles. The van der Waals surface area contributed by atoms with Crippen molar-refractivity contribution < 1.29 is 24.8 Å². The van der Waals surface area contributed by atoms with Gasteiger partial charge in [-0.05, 0) is 32.1 Å². The number of unbranched alkanes of at least 4 members (excludes halogenated alkanes) is 11. The molecule has 0 aromatic rings. The molecule has 0 aliphatic carbocycles. The van der Waals surface area contributed by atoms with Gasteiger partial charge in [-0.25, -0.2) is 0 Å². The first kappa shape index (κ1) is 25.6. The number of aliphatic hydroxyl groups excluding tert-OH is 3. The molecule has 0 bridgehead atoms. The minimum Gasteiger partial charge on any atom is -0.394 e. The molecule has 4 atom stereocenters. The van der Waals surface area contributed by atoms with Gasteiger partial charge in [-0.3, -0.25) is 0 Å². The van der Waals surface area contributed by atoms with E-state index in [-0.39, 0.29) is 6.61 Å². The number of hydrogen-bond donors (Lipinski definition) is 3. The Balaban J connectivity index is 1.85. The molecule has 0 aromatic carbocycles. The predicted molar refractivity (Wildman–Crippen MR) is 113 cm³/mol. The van der Waals surface area contributed by atoms with Crippen molar-refractivity contribution in [2.45, 2.75) is 115 Å². The SMILES string of the molecule is CCCCCCCCC/C=C/CCCCCCO[C@H]1CO[C@H]([C@H](O)CO)[C@@H]1O. The smallest absolute Gasteiger partial charge is 0.114 e. The first-order valence-electron chi connectivity index (χ1n) is 11.6. The van der Waals surface area contributed by atoms with Gasteiger partial charge >= 0.3 is 0 Å². The van der Waals surface area contributed by atoms with Crippen LogP contribution in [0.2, 0.25) is 0 Å². The lowest BCUT2D eigenvalue weighted by molar-refractivity contribution is -0.0730. The van der Waals surface area contributed by atoms with E-state index in [4.69, 9.17) is 14.6 Å². The highest BCUT2D eigenvalue weighted by Gasteiger charge is 2.40. The van der Waals surface area contributed by atoms with E-state index >= 15 is 0 Å². The zero-order valence-electron chi connectivity index (χ0n) is 17.9. The molecule has 1 aliphatic rings. The van der Waals surface area contributed by atoms with Gasteiger partial charge in [0.1, 0.15) is 24.4 Å². The van der Waals surface area contributed by atoms with Gasteiger partial charge in [0.25, 0.3) is 0 Å². The summed E-state index contributed by atoms with van der Waals surface area (Å²) in [6, 6.07) is 0. The molecule has 0 amide bonds. The van der Waals surface area contributed by atoms with Gasteiger partial charge in [-0.15, -0.1) is 0 Å². The van der Waals surface area contributed by atoms with Crippen molar-refractivity contribution >= 4 is 0 Å². The van der Waals surface area contributed by atoms with Gasteiger partial charge in [0, 0.05) is 6.61 Å². The Morgan fingerprint density at radius 2 is 1.50 bits per heavy atom. The monoisotopic (exact) mass is 400 g/mol. The van der Waals surface area contributed by atoms with Gasteiger partial charge in [-0.2, -0.15) is 0 Å². The second kappa shape index (κ2) is 17.4. The summed E-state index contributed by atoms with van der Waals surface area (Å²) in [5.41, 5.74) is 0. The second-order valence-corrected chi connectivity index (χ2v) is 8.03. The number of rotatable bonds is 18. The van der Waals surface area contributed by atoms with E-state index in [1.807, 2.05) is 0 Å². The predicted octanol–water partition coefficient (Wildman–Crippen LogP) is 4.13. The Kier molecular flexibility index (Phi) is 15.9. The molecule has 0 spiro atoms. The van der Waals surface area contributed by atoms with Gasteiger partial charge in [-0.1, -0.05) is 70.4 Å². The average Bonchev–Trinajstić information content (AvgIpc) is 3.07. The number of allylic oxidation sites excluding steroid dienone is 2. The first-order valence-corrected chi connectivity index (χ1v) is 11.6. The van der Waals surface area contributed by atoms with Crippen molar-refractivity contribution in [2.24, 2.45) is 0 Å². The van der Waals surface area contributed by atoms with Crippen molar-refractivity contribution in [2.75, 3.05) is 19.8 Å². The van der Waals surface area contributed by atoms with E-state index < -0.39 is 31.0 Å². The molecule has 1 aliphatic heterocycles. The van der Waals surface area contributed by atoms with Crippen molar-refractivity contribution in [1.29, 1.82) is 0 Å². The van der Waals surface area contributed by atoms with Crippen LogP contribution < -0.4 is 0 Å². The third-order valence-electron chi connectivity index (χ3n) is 5.47. The molecular formula is C23H44O5. The summed E-state index contributed by atoms with van der Waals surface area (Å²) < 4.78 is 11.0. The maximum Gasteiger partial charge on any atom is 0.114 e. The summed E-state index contributed by atoms with van der Waals surface area (Å²) in [5, 5.41) is 28.5. The van der Waals surface area contributed by atoms with Crippen LogP contribution in [-0.4, -0.2) is 59.6 Å². The minimum absolute atomic E-state index is 0.270. The zero-order valence-corrected chi connectivity index (χ0v) is 17.9. The molecule has 5 heteroatoms. The topological polar surface area (TPSA) is 79.2 Å². The van der Waals surface area contributed by atoms with Crippen LogP contribution in [0, 0.1) is 0 Å². The fourth-order valence-electron chi connectivity index (χ4n) is 3.61. The summed E-state index contributed by atoms with van der Waals surface area (Å²) in [4.78, 5) is 0. The molecule has 3 N–H and O–H groups in total. The molecule has 1 saturated heterocycles. The molecule has 5 nitrogen and oxygen atoms in total. The first-order chi connectivity index (χ1) is 13.7. The van der Waals surface area contributed by atoms with Crippen LogP contribution in [0.1, 0.15) is 90.4 Å². The van der Waals surface area contributed by atoms with Crippen molar-refractivity contribution in [3.8, 4) is 0 Å². The van der Waals surface area contributed by atoms with Crippen LogP contribution in [0.25, 0.3) is 0 Å². The Morgan fingerprint density at radius 3 is 2.11 bits per heavy atom. The summed E-state index contributed by atoms with van der Waals surface area (Å²) in [6.07, 6.45) is 18.1. The van der Waals surface area contributed by atoms with Crippen LogP contribution in [0.5, 0.6) is 0 Å². The highest BCUT2D eigenvalue weighted by Crippen LogP contribution is 2.20. The average molecular weight is 401 g/mol. The number of ether oxygens (including phenoxy) is 2. The Bertz CT molecular complexity index is 374. The van der Waals surface area contributed by atoms with E-state index in [0.717, 1.165) is 19.3 Å². The van der Waals surface area contributed by atoms with E-state index in [2.05, 4.69) is 19.1 Å². The second-order valence-electron chi connectivity index (χ2n) is 8.03. The molecule has 1 rings (SSSR count). The van der Waals surface area contributed by atoms with E-state index in [9.17, 15) is 10.2 Å². The summed E-state index contributed by atoms with van der Waals surface area (Å²) in [6.45, 7) is 2.72. The summed E-state index contributed by atoms with van der Waals surface area (Å²) in [7, 11) is 0. The quantitative estimate of drug-likeness (QED) is 0.238. The molecule has 0 radical (unpaired) electrons. The molecular weight excluding hydrogens is 356 g/mol. The fraction of sp³-hybridized carbons (Fsp3) is 0.913. The van der Waals surface area contributed by atoms with Crippen molar-refractivity contribution in [3.05, 3.63) is 12.2 Å². The van der Waals surface area contributed by atoms with E-state index in [1.54, 1.807) is 0 Å². The zero-order chi connectivity index (χ0) is 20.5. The largest absolute Gasteiger partial charge is 0.394 e. The van der Waals surface area contributed by atoms with Crippen molar-refractivity contribution in [1.82, 2.24) is 0 Å². The molecule has 28 heavy (non-hydrogen) atoms. The van der Waals surface area contributed by atoms with Gasteiger partial charge < -0.3 is 24.8 Å². The maximum atomic E-state index is 10.0. The van der Waals surface area contributed by atoms with Crippen LogP contribution in [0.3, 0.4) is 0 Å². The van der Waals surface area contributed by atoms with Crippen LogP contribution in [0.4, 0.5) is 0 Å². The third kappa shape index (κ3) is 11.5. The number of hydrogen-bond acceptors (Lipinski definition) is 5. The molecule has 166 valence electrons. The van der Waals surface area contributed by atoms with Gasteiger partial charge in [0.15, 0.2) is 0 Å². The summed E-state index contributed by atoms with van der Waals surface area (Å²) in [5.74, 6) is 0. The lowest BCUT2D eigenvalue weighted by atomic mass is 10.1. The Hall–Kier alpha value is -0.460. The van der Waals surface area contributed by atoms with Crippen molar-refractivity contribution in [3.63, 3.8) is 0 Å². The molecule has 1 fully saturated rings. The maximum absolute atomic E-state index is 10.0. The van der Waals surface area contributed by atoms with Crippen LogP contribution in [-0.2, 0) is 9.47 Å². The lowest BCUT2D eigenvalue weighted by Crippen LogP contribution is -2.41. The summed E-state index contributed by atoms with van der Waals surface area (Å²) >= 11 is 0. The third-order valence-corrected chi connectivity index (χ3v) is 5.47. The molecule has 0 unspecified atom stereocenters. The lowest BCUT2D eigenvalue weighted by Gasteiger charge is -2.20. The minimum atomic E-state index is -1.05. The molecule has 1 heterocycles. The van der Waals surface area contributed by atoms with Crippen LogP contribution in [0.15, 0.2) is 12.2 Å². The fourth-order valence-corrected chi connectivity index (χ4v) is 3.61. The van der Waals surface area contributed by atoms with Crippen LogP contribution >= 0.6 is 0 Å². The standard InChI is InChI=1S/C23H44O5/c1-2-3-4-5-6-7-8-9-10-11-12-13-14-15-16-17-27-21-19-28-23(22(21)26)20(25)18-24/h10-11,20-26H,2-9,12-19H2,1H3/b11-10+/t20-,21+,22-,23-/m1/s1. The normalized spacial score (nSPS) is 23.6. The highest BCUT2D eigenvalue weighted by molar-refractivity contribution is 4.88. The van der Waals surface area contributed by atoms with E-state index in [0.29, 0.717) is 6.61 Å². The molecule has 0 saturated carbocycles. The Morgan fingerprint density at radius 1 is 0.929 bits per heavy atom. The Labute approximate surface area is 172 Å². The van der Waals surface area contributed by atoms with Gasteiger partial charge in [0.05, 0.1) is 13.2 Å². The highest BCUT2D eigenvalue weighted by atomic mass is 16.6.